The Kier molecular flexibility index (Phi) is 6.58. The van der Waals surface area contributed by atoms with Crippen molar-refractivity contribution in [2.75, 3.05) is 0 Å². The summed E-state index contributed by atoms with van der Waals surface area (Å²) in [7, 11) is 0. The predicted octanol–water partition coefficient (Wildman–Crippen LogP) is 5.79. The van der Waals surface area contributed by atoms with Crippen LogP contribution in [0.25, 0.3) is 32.6 Å². The molecule has 0 atom stereocenters. The van der Waals surface area contributed by atoms with Gasteiger partial charge in [-0.3, -0.25) is 9.78 Å². The molecule has 0 aliphatic heterocycles. The van der Waals surface area contributed by atoms with Crippen molar-refractivity contribution < 1.29 is 14.7 Å². The largest absolute Gasteiger partial charge is 0.465 e. The quantitative estimate of drug-likeness (QED) is 0.317. The number of nitrogens with two attached hydrogens (primary N) is 1. The maximum Gasteiger partial charge on any atom is 0.404 e. The topological polar surface area (TPSA) is 118 Å². The summed E-state index contributed by atoms with van der Waals surface area (Å²) >= 11 is 1.35. The molecule has 2 aromatic carbocycles. The fourth-order valence-corrected chi connectivity index (χ4v) is 4.87. The summed E-state index contributed by atoms with van der Waals surface area (Å²) < 4.78 is 0. The SMILES string of the molecule is Cc1ccc(-c2c(CNC(=O)O)c(CC(C)(C)C)nc3ccc(-c4nc(C(N)=O)cs4)cc23)cc1. The molecule has 0 bridgehead atoms. The monoisotopic (exact) mass is 488 g/mol. The third-order valence-corrected chi connectivity index (χ3v) is 6.52. The molecule has 4 rings (SSSR count). The lowest BCUT2D eigenvalue weighted by Gasteiger charge is -2.23. The first-order valence-electron chi connectivity index (χ1n) is 11.3. The minimum absolute atomic E-state index is 0.0464. The second-order valence-corrected chi connectivity index (χ2v) is 10.7. The van der Waals surface area contributed by atoms with Gasteiger partial charge < -0.3 is 16.2 Å². The Labute approximate surface area is 208 Å². The normalized spacial score (nSPS) is 11.5. The maximum atomic E-state index is 11.5. The van der Waals surface area contributed by atoms with E-state index in [-0.39, 0.29) is 17.7 Å². The number of pyridine rings is 1. The molecule has 0 fully saturated rings. The average molecular weight is 489 g/mol. The molecular weight excluding hydrogens is 460 g/mol. The van der Waals surface area contributed by atoms with Gasteiger partial charge in [0, 0.05) is 34.1 Å². The van der Waals surface area contributed by atoms with E-state index in [1.807, 2.05) is 37.3 Å². The molecule has 4 aromatic rings. The van der Waals surface area contributed by atoms with Crippen molar-refractivity contribution in [1.82, 2.24) is 15.3 Å². The number of amides is 2. The van der Waals surface area contributed by atoms with Gasteiger partial charge in [0.1, 0.15) is 10.7 Å². The molecule has 2 aromatic heterocycles. The summed E-state index contributed by atoms with van der Waals surface area (Å²) in [6.07, 6.45) is -0.397. The number of benzene rings is 2. The van der Waals surface area contributed by atoms with Crippen LogP contribution in [-0.4, -0.2) is 27.1 Å². The smallest absolute Gasteiger partial charge is 0.404 e. The summed E-state index contributed by atoms with van der Waals surface area (Å²) in [5.74, 6) is -0.566. The summed E-state index contributed by atoms with van der Waals surface area (Å²) in [6, 6.07) is 14.1. The Morgan fingerprint density at radius 2 is 1.74 bits per heavy atom. The van der Waals surface area contributed by atoms with Crippen molar-refractivity contribution in [2.24, 2.45) is 11.1 Å². The Morgan fingerprint density at radius 3 is 2.34 bits per heavy atom. The van der Waals surface area contributed by atoms with E-state index in [2.05, 4.69) is 43.2 Å². The van der Waals surface area contributed by atoms with Crippen LogP contribution in [0.15, 0.2) is 47.8 Å². The number of thiazole rings is 1. The Hall–Kier alpha value is -3.78. The lowest BCUT2D eigenvalue weighted by atomic mass is 9.85. The number of aryl methyl sites for hydroxylation is 1. The van der Waals surface area contributed by atoms with E-state index >= 15 is 0 Å². The van der Waals surface area contributed by atoms with E-state index in [1.54, 1.807) is 5.38 Å². The number of rotatable bonds is 6. The highest BCUT2D eigenvalue weighted by atomic mass is 32.1. The van der Waals surface area contributed by atoms with Crippen molar-refractivity contribution >= 4 is 34.2 Å². The number of carbonyl (C=O) groups is 2. The number of carboxylic acid groups (broad SMARTS) is 1. The number of nitrogens with one attached hydrogen (secondary N) is 1. The third-order valence-electron chi connectivity index (χ3n) is 5.63. The molecule has 0 saturated carbocycles. The molecule has 180 valence electrons. The van der Waals surface area contributed by atoms with E-state index < -0.39 is 12.0 Å². The van der Waals surface area contributed by atoms with Gasteiger partial charge in [0.25, 0.3) is 5.91 Å². The van der Waals surface area contributed by atoms with Crippen LogP contribution in [0.3, 0.4) is 0 Å². The minimum Gasteiger partial charge on any atom is -0.465 e. The highest BCUT2D eigenvalue weighted by Gasteiger charge is 2.22. The molecule has 8 heteroatoms. The van der Waals surface area contributed by atoms with Gasteiger partial charge in [0.15, 0.2) is 0 Å². The molecule has 0 aliphatic carbocycles. The first-order chi connectivity index (χ1) is 16.5. The van der Waals surface area contributed by atoms with Crippen molar-refractivity contribution in [1.29, 1.82) is 0 Å². The molecule has 7 nitrogen and oxygen atoms in total. The number of nitrogens with zero attached hydrogens (tertiary/aromatic N) is 2. The van der Waals surface area contributed by atoms with Crippen molar-refractivity contribution in [3.05, 3.63) is 70.4 Å². The van der Waals surface area contributed by atoms with Crippen LogP contribution < -0.4 is 11.1 Å². The zero-order valence-electron chi connectivity index (χ0n) is 20.2. The summed E-state index contributed by atoms with van der Waals surface area (Å²) in [4.78, 5) is 32.4. The molecule has 35 heavy (non-hydrogen) atoms. The van der Waals surface area contributed by atoms with Gasteiger partial charge >= 0.3 is 6.09 Å². The number of fused-ring (bicyclic) bond motifs is 1. The number of carbonyl (C=O) groups excluding carboxylic acids is 1. The van der Waals surface area contributed by atoms with E-state index in [1.165, 1.54) is 11.3 Å². The molecular formula is C27H28N4O3S. The second kappa shape index (κ2) is 9.46. The van der Waals surface area contributed by atoms with Crippen LogP contribution in [0, 0.1) is 12.3 Å². The van der Waals surface area contributed by atoms with Crippen LogP contribution >= 0.6 is 11.3 Å². The number of hydrogen-bond acceptors (Lipinski definition) is 5. The highest BCUT2D eigenvalue weighted by Crippen LogP contribution is 2.38. The molecule has 2 amide bonds. The maximum absolute atomic E-state index is 11.5. The molecule has 0 aliphatic rings. The Morgan fingerprint density at radius 1 is 1.06 bits per heavy atom. The molecule has 0 unspecified atom stereocenters. The number of primary amides is 1. The van der Waals surface area contributed by atoms with E-state index in [9.17, 15) is 14.7 Å². The van der Waals surface area contributed by atoms with Gasteiger partial charge in [0.2, 0.25) is 0 Å². The zero-order valence-corrected chi connectivity index (χ0v) is 21.0. The molecule has 0 spiro atoms. The summed E-state index contributed by atoms with van der Waals surface area (Å²) in [5, 5.41) is 15.1. The fraction of sp³-hybridized carbons (Fsp3) is 0.259. The van der Waals surface area contributed by atoms with E-state index in [0.29, 0.717) is 11.4 Å². The van der Waals surface area contributed by atoms with E-state index in [4.69, 9.17) is 10.7 Å². The molecule has 0 saturated heterocycles. The van der Waals surface area contributed by atoms with E-state index in [0.717, 1.165) is 44.4 Å². The zero-order chi connectivity index (χ0) is 25.3. The first-order valence-corrected chi connectivity index (χ1v) is 12.1. The van der Waals surface area contributed by atoms with Crippen molar-refractivity contribution in [2.45, 2.75) is 40.7 Å². The number of aromatic nitrogens is 2. The standard InChI is InChI=1S/C27H28N4O3S/c1-15-5-7-16(8-6-15)23-18-11-17(25-31-22(14-35-25)24(28)32)9-10-20(18)30-21(12-27(2,3)4)19(23)13-29-26(33)34/h5-11,14,29H,12-13H2,1-4H3,(H2,28,32)(H,33,34). The Bertz CT molecular complexity index is 1420. The van der Waals surface area contributed by atoms with Gasteiger partial charge in [-0.1, -0.05) is 50.6 Å². The third kappa shape index (κ3) is 5.49. The van der Waals surface area contributed by atoms with Crippen LogP contribution in [0.1, 0.15) is 48.1 Å². The van der Waals surface area contributed by atoms with Crippen molar-refractivity contribution in [3.63, 3.8) is 0 Å². The Balaban J connectivity index is 2.01. The summed E-state index contributed by atoms with van der Waals surface area (Å²) in [5.41, 5.74) is 12.0. The lowest BCUT2D eigenvalue weighted by Crippen LogP contribution is -2.23. The van der Waals surface area contributed by atoms with Gasteiger partial charge in [-0.2, -0.15) is 0 Å². The molecule has 4 N–H and O–H groups in total. The second-order valence-electron chi connectivity index (χ2n) is 9.81. The van der Waals surface area contributed by atoms with Crippen LogP contribution in [0.4, 0.5) is 4.79 Å². The minimum atomic E-state index is -1.09. The fourth-order valence-electron chi connectivity index (χ4n) is 4.06. The average Bonchev–Trinajstić information content (AvgIpc) is 3.27. The van der Waals surface area contributed by atoms with Crippen LogP contribution in [0.5, 0.6) is 0 Å². The summed E-state index contributed by atoms with van der Waals surface area (Å²) in [6.45, 7) is 8.59. The van der Waals surface area contributed by atoms with Crippen LogP contribution in [0.2, 0.25) is 0 Å². The van der Waals surface area contributed by atoms with Gasteiger partial charge in [-0.25, -0.2) is 9.78 Å². The molecule has 0 radical (unpaired) electrons. The van der Waals surface area contributed by atoms with Gasteiger partial charge in [-0.15, -0.1) is 11.3 Å². The number of hydrogen-bond donors (Lipinski definition) is 3. The van der Waals surface area contributed by atoms with Crippen LogP contribution in [-0.2, 0) is 13.0 Å². The van der Waals surface area contributed by atoms with Crippen molar-refractivity contribution in [3.8, 4) is 21.7 Å². The van der Waals surface area contributed by atoms with Gasteiger partial charge in [0.05, 0.1) is 5.52 Å². The highest BCUT2D eigenvalue weighted by molar-refractivity contribution is 7.13. The predicted molar refractivity (Wildman–Crippen MR) is 140 cm³/mol. The lowest BCUT2D eigenvalue weighted by molar-refractivity contribution is 0.0996. The van der Waals surface area contributed by atoms with Gasteiger partial charge in [-0.05, 0) is 48.1 Å². The molecule has 2 heterocycles. The first kappa shape index (κ1) is 24.3.